The van der Waals surface area contributed by atoms with Gasteiger partial charge in [-0.15, -0.1) is 0 Å². The molecular formula is C26H27N3O3. The fourth-order valence-corrected chi connectivity index (χ4v) is 4.78. The van der Waals surface area contributed by atoms with Crippen molar-refractivity contribution >= 4 is 28.6 Å². The molecule has 3 amide bonds. The summed E-state index contributed by atoms with van der Waals surface area (Å²) in [4.78, 5) is 29.0. The highest BCUT2D eigenvalue weighted by Crippen LogP contribution is 2.26. The van der Waals surface area contributed by atoms with Gasteiger partial charge in [-0.2, -0.15) is 0 Å². The fraction of sp³-hybridized carbons (Fsp3) is 0.308. The van der Waals surface area contributed by atoms with E-state index in [1.807, 2.05) is 64.4 Å². The van der Waals surface area contributed by atoms with Crippen LogP contribution in [0.4, 0.5) is 15.3 Å². The lowest BCUT2D eigenvalue weighted by molar-refractivity contribution is 0.116. The van der Waals surface area contributed by atoms with E-state index in [1.54, 1.807) is 0 Å². The fourth-order valence-electron chi connectivity index (χ4n) is 4.78. The smallest absolute Gasteiger partial charge is 0.410 e. The molecule has 0 spiro atoms. The minimum atomic E-state index is -0.231. The van der Waals surface area contributed by atoms with Gasteiger partial charge < -0.3 is 15.0 Å². The van der Waals surface area contributed by atoms with Gasteiger partial charge in [0.2, 0.25) is 0 Å². The summed E-state index contributed by atoms with van der Waals surface area (Å²) in [5, 5.41) is 5.27. The van der Waals surface area contributed by atoms with Crippen LogP contribution in [0.3, 0.4) is 0 Å². The van der Waals surface area contributed by atoms with E-state index >= 15 is 0 Å². The molecule has 3 aromatic rings. The summed E-state index contributed by atoms with van der Waals surface area (Å²) in [6, 6.07) is 24.3. The molecule has 0 radical (unpaired) electrons. The highest BCUT2D eigenvalue weighted by molar-refractivity contribution is 5.93. The number of nitrogens with one attached hydrogen (secondary N) is 1. The first-order chi connectivity index (χ1) is 15.7. The quantitative estimate of drug-likeness (QED) is 0.642. The Kier molecular flexibility index (Phi) is 5.67. The predicted octanol–water partition coefficient (Wildman–Crippen LogP) is 4.90. The number of carbonyl (C=O) groups is 2. The second-order valence-electron chi connectivity index (χ2n) is 8.54. The number of ether oxygens (including phenoxy) is 1. The van der Waals surface area contributed by atoms with Crippen LogP contribution in [0, 0.1) is 0 Å². The van der Waals surface area contributed by atoms with Crippen molar-refractivity contribution in [1.82, 2.24) is 9.80 Å². The molecule has 32 heavy (non-hydrogen) atoms. The van der Waals surface area contributed by atoms with E-state index in [0.717, 1.165) is 35.7 Å². The van der Waals surface area contributed by atoms with Crippen LogP contribution < -0.4 is 5.32 Å². The molecule has 6 heteroatoms. The van der Waals surface area contributed by atoms with Crippen LogP contribution in [-0.2, 0) is 11.2 Å². The minimum absolute atomic E-state index is 0.0490. The predicted molar refractivity (Wildman–Crippen MR) is 125 cm³/mol. The Morgan fingerprint density at radius 2 is 1.66 bits per heavy atom. The molecule has 2 aliphatic heterocycles. The third kappa shape index (κ3) is 4.26. The summed E-state index contributed by atoms with van der Waals surface area (Å²) in [7, 11) is 0. The second kappa shape index (κ2) is 8.91. The van der Waals surface area contributed by atoms with Crippen molar-refractivity contribution < 1.29 is 14.3 Å². The van der Waals surface area contributed by atoms with Gasteiger partial charge in [0.05, 0.1) is 6.04 Å². The van der Waals surface area contributed by atoms with Crippen molar-refractivity contribution in [1.29, 1.82) is 0 Å². The lowest BCUT2D eigenvalue weighted by atomic mass is 9.99. The van der Waals surface area contributed by atoms with E-state index in [0.29, 0.717) is 19.7 Å². The molecule has 2 fully saturated rings. The summed E-state index contributed by atoms with van der Waals surface area (Å²) in [5.41, 5.74) is 2.00. The Morgan fingerprint density at radius 1 is 0.938 bits per heavy atom. The average Bonchev–Trinajstić information content (AvgIpc) is 3.19. The molecule has 1 atom stereocenters. The zero-order chi connectivity index (χ0) is 21.9. The first kappa shape index (κ1) is 20.4. The SMILES string of the molecule is O=C(Nc1ccc2ccccc2c1)N1CCC(N2C(=O)OCC2Cc2ccccc2)CC1. The largest absolute Gasteiger partial charge is 0.447 e. The van der Waals surface area contributed by atoms with Crippen molar-refractivity contribution in [2.45, 2.75) is 31.3 Å². The highest BCUT2D eigenvalue weighted by atomic mass is 16.6. The van der Waals surface area contributed by atoms with Crippen molar-refractivity contribution in [2.75, 3.05) is 25.0 Å². The maximum Gasteiger partial charge on any atom is 0.410 e. The van der Waals surface area contributed by atoms with Gasteiger partial charge in [-0.1, -0.05) is 60.7 Å². The van der Waals surface area contributed by atoms with Crippen LogP contribution in [0.15, 0.2) is 72.8 Å². The zero-order valence-electron chi connectivity index (χ0n) is 17.9. The van der Waals surface area contributed by atoms with Gasteiger partial charge in [0.1, 0.15) is 6.61 Å². The first-order valence-corrected chi connectivity index (χ1v) is 11.2. The van der Waals surface area contributed by atoms with Crippen molar-refractivity contribution in [3.63, 3.8) is 0 Å². The van der Waals surface area contributed by atoms with Crippen LogP contribution in [0.2, 0.25) is 0 Å². The summed E-state index contributed by atoms with van der Waals surface area (Å²) in [6.45, 7) is 1.66. The van der Waals surface area contributed by atoms with Crippen LogP contribution >= 0.6 is 0 Å². The number of benzene rings is 3. The molecule has 0 aromatic heterocycles. The van der Waals surface area contributed by atoms with E-state index in [4.69, 9.17) is 4.74 Å². The number of urea groups is 1. The maximum atomic E-state index is 12.8. The number of likely N-dealkylation sites (tertiary alicyclic amines) is 1. The number of anilines is 1. The molecular weight excluding hydrogens is 402 g/mol. The van der Waals surface area contributed by atoms with Gasteiger partial charge in [0.15, 0.2) is 0 Å². The van der Waals surface area contributed by atoms with Crippen LogP contribution in [0.25, 0.3) is 10.8 Å². The van der Waals surface area contributed by atoms with Gasteiger partial charge >= 0.3 is 12.1 Å². The van der Waals surface area contributed by atoms with E-state index in [1.165, 1.54) is 5.56 Å². The Morgan fingerprint density at radius 3 is 2.44 bits per heavy atom. The topological polar surface area (TPSA) is 61.9 Å². The summed E-state index contributed by atoms with van der Waals surface area (Å²) in [6.07, 6.45) is 2.07. The third-order valence-corrected chi connectivity index (χ3v) is 6.46. The van der Waals surface area contributed by atoms with Gasteiger partial charge in [-0.3, -0.25) is 4.90 Å². The molecule has 5 rings (SSSR count). The van der Waals surface area contributed by atoms with E-state index in [9.17, 15) is 9.59 Å². The Bertz CT molecular complexity index is 1110. The number of carbonyl (C=O) groups excluding carboxylic acids is 2. The number of hydrogen-bond acceptors (Lipinski definition) is 3. The molecule has 1 unspecified atom stereocenters. The number of piperidine rings is 1. The molecule has 0 bridgehead atoms. The Labute approximate surface area is 187 Å². The van der Waals surface area contributed by atoms with Gasteiger partial charge in [-0.05, 0) is 47.7 Å². The molecule has 0 saturated carbocycles. The maximum absolute atomic E-state index is 12.8. The first-order valence-electron chi connectivity index (χ1n) is 11.2. The van der Waals surface area contributed by atoms with Gasteiger partial charge in [-0.25, -0.2) is 9.59 Å². The number of nitrogens with zero attached hydrogens (tertiary/aromatic N) is 2. The number of hydrogen-bond donors (Lipinski definition) is 1. The zero-order valence-corrected chi connectivity index (χ0v) is 17.9. The van der Waals surface area contributed by atoms with Crippen LogP contribution in [-0.4, -0.2) is 53.7 Å². The number of rotatable bonds is 4. The minimum Gasteiger partial charge on any atom is -0.447 e. The van der Waals surface area contributed by atoms with E-state index in [-0.39, 0.29) is 24.2 Å². The van der Waals surface area contributed by atoms with Crippen molar-refractivity contribution in [2.24, 2.45) is 0 Å². The van der Waals surface area contributed by atoms with Gasteiger partial charge in [0, 0.05) is 24.8 Å². The Balaban J connectivity index is 1.19. The third-order valence-electron chi connectivity index (χ3n) is 6.46. The number of amides is 3. The molecule has 2 heterocycles. The highest BCUT2D eigenvalue weighted by Gasteiger charge is 2.39. The lowest BCUT2D eigenvalue weighted by Crippen LogP contribution is -2.51. The molecule has 0 aliphatic carbocycles. The summed E-state index contributed by atoms with van der Waals surface area (Å²) >= 11 is 0. The van der Waals surface area contributed by atoms with Crippen molar-refractivity contribution in [3.8, 4) is 0 Å². The molecule has 2 aliphatic rings. The average molecular weight is 430 g/mol. The molecule has 164 valence electrons. The lowest BCUT2D eigenvalue weighted by Gasteiger charge is -2.37. The molecule has 1 N–H and O–H groups in total. The van der Waals surface area contributed by atoms with Gasteiger partial charge in [0.25, 0.3) is 0 Å². The monoisotopic (exact) mass is 429 g/mol. The normalized spacial score (nSPS) is 19.2. The molecule has 2 saturated heterocycles. The van der Waals surface area contributed by atoms with E-state index < -0.39 is 0 Å². The second-order valence-corrected chi connectivity index (χ2v) is 8.54. The van der Waals surface area contributed by atoms with Crippen molar-refractivity contribution in [3.05, 3.63) is 78.4 Å². The summed E-state index contributed by atoms with van der Waals surface area (Å²) in [5.74, 6) is 0. The van der Waals surface area contributed by atoms with Crippen LogP contribution in [0.1, 0.15) is 18.4 Å². The molecule has 3 aromatic carbocycles. The van der Waals surface area contributed by atoms with E-state index in [2.05, 4.69) is 23.5 Å². The number of cyclic esters (lactones) is 1. The summed E-state index contributed by atoms with van der Waals surface area (Å²) < 4.78 is 5.39. The standard InChI is InChI=1S/C26H27N3O3/c30-25(27-22-11-10-20-8-4-5-9-21(20)17-22)28-14-12-23(13-15-28)29-24(18-32-26(29)31)16-19-6-2-1-3-7-19/h1-11,17,23-24H,12-16,18H2,(H,27,30). The number of fused-ring (bicyclic) bond motifs is 1. The Hall–Kier alpha value is -3.54. The molecule has 6 nitrogen and oxygen atoms in total. The van der Waals surface area contributed by atoms with Crippen LogP contribution in [0.5, 0.6) is 0 Å².